The molecule has 0 aromatic rings. The van der Waals surface area contributed by atoms with Gasteiger partial charge in [-0.15, -0.1) is 0 Å². The number of hydrogen-bond acceptors (Lipinski definition) is 7. The van der Waals surface area contributed by atoms with Crippen LogP contribution in [0.5, 0.6) is 0 Å². The predicted molar refractivity (Wildman–Crippen MR) is 107 cm³/mol. The fourth-order valence-electron chi connectivity index (χ4n) is 2.74. The summed E-state index contributed by atoms with van der Waals surface area (Å²) >= 11 is 0. The lowest BCUT2D eigenvalue weighted by Gasteiger charge is -2.12. The van der Waals surface area contributed by atoms with E-state index < -0.39 is 43.1 Å². The average molecular weight is 419 g/mol. The molecule has 0 aliphatic heterocycles. The maximum absolute atomic E-state index is 11.6. The van der Waals surface area contributed by atoms with Crippen molar-refractivity contribution in [3.05, 3.63) is 0 Å². The number of carboxylic acid groups (broad SMARTS) is 1. The summed E-state index contributed by atoms with van der Waals surface area (Å²) in [6, 6.07) is 0. The predicted octanol–water partition coefficient (Wildman–Crippen LogP) is 2.97. The highest BCUT2D eigenvalue weighted by Crippen LogP contribution is 2.12. The van der Waals surface area contributed by atoms with Crippen molar-refractivity contribution >= 4 is 17.9 Å². The van der Waals surface area contributed by atoms with Crippen LogP contribution in [-0.2, 0) is 23.9 Å². The van der Waals surface area contributed by atoms with Gasteiger partial charge in [-0.25, -0.2) is 4.79 Å². The standard InChI is InChI=1S/C21H38O8/c1-2-3-4-5-6-7-8-9-10-11-12-13-19(24)28-15-17(22)16-29-20(25)14-18(23)21(26)27/h17-18,22-23H,2-16H2,1H3,(H,26,27). The van der Waals surface area contributed by atoms with Crippen LogP contribution in [0.4, 0.5) is 0 Å². The maximum Gasteiger partial charge on any atom is 0.333 e. The second-order valence-electron chi connectivity index (χ2n) is 7.36. The zero-order valence-electron chi connectivity index (χ0n) is 17.6. The minimum absolute atomic E-state index is 0.286. The van der Waals surface area contributed by atoms with Crippen molar-refractivity contribution in [3.8, 4) is 0 Å². The van der Waals surface area contributed by atoms with Crippen LogP contribution in [0.3, 0.4) is 0 Å². The first-order chi connectivity index (χ1) is 13.9. The van der Waals surface area contributed by atoms with E-state index in [0.29, 0.717) is 0 Å². The van der Waals surface area contributed by atoms with E-state index >= 15 is 0 Å². The quantitative estimate of drug-likeness (QED) is 0.216. The smallest absolute Gasteiger partial charge is 0.333 e. The van der Waals surface area contributed by atoms with Crippen molar-refractivity contribution in [1.82, 2.24) is 0 Å². The average Bonchev–Trinajstić information content (AvgIpc) is 2.68. The normalized spacial score (nSPS) is 12.9. The Morgan fingerprint density at radius 3 is 1.66 bits per heavy atom. The zero-order valence-corrected chi connectivity index (χ0v) is 17.6. The van der Waals surface area contributed by atoms with Crippen LogP contribution in [0, 0.1) is 0 Å². The Bertz CT molecular complexity index is 452. The van der Waals surface area contributed by atoms with Gasteiger partial charge >= 0.3 is 17.9 Å². The number of rotatable bonds is 19. The Balaban J connectivity index is 3.52. The molecule has 8 nitrogen and oxygen atoms in total. The molecule has 0 bridgehead atoms. The van der Waals surface area contributed by atoms with Crippen LogP contribution in [0.2, 0.25) is 0 Å². The summed E-state index contributed by atoms with van der Waals surface area (Å²) < 4.78 is 9.55. The highest BCUT2D eigenvalue weighted by atomic mass is 16.6. The second kappa shape index (κ2) is 18.4. The van der Waals surface area contributed by atoms with E-state index in [2.05, 4.69) is 11.7 Å². The molecule has 0 aromatic carbocycles. The maximum atomic E-state index is 11.6. The van der Waals surface area contributed by atoms with E-state index in [-0.39, 0.29) is 13.0 Å². The molecule has 8 heteroatoms. The summed E-state index contributed by atoms with van der Waals surface area (Å²) in [6.45, 7) is 1.48. The molecule has 3 N–H and O–H groups in total. The Kier molecular flexibility index (Phi) is 17.3. The number of hydrogen-bond donors (Lipinski definition) is 3. The lowest BCUT2D eigenvalue weighted by molar-refractivity contribution is -0.159. The summed E-state index contributed by atoms with van der Waals surface area (Å²) in [4.78, 5) is 33.3. The summed E-state index contributed by atoms with van der Waals surface area (Å²) in [6.07, 6.45) is 9.64. The molecule has 0 aromatic heterocycles. The molecular weight excluding hydrogens is 380 g/mol. The number of ether oxygens (including phenoxy) is 2. The summed E-state index contributed by atoms with van der Waals surface area (Å²) in [5.74, 6) is -2.89. The lowest BCUT2D eigenvalue weighted by Crippen LogP contribution is -2.28. The third-order valence-electron chi connectivity index (χ3n) is 4.50. The number of carbonyl (C=O) groups is 3. The van der Waals surface area contributed by atoms with Gasteiger partial charge < -0.3 is 24.8 Å². The summed E-state index contributed by atoms with van der Waals surface area (Å²) in [5.41, 5.74) is 0. The van der Waals surface area contributed by atoms with Gasteiger partial charge in [-0.3, -0.25) is 9.59 Å². The van der Waals surface area contributed by atoms with Gasteiger partial charge in [0, 0.05) is 6.42 Å². The van der Waals surface area contributed by atoms with E-state index in [9.17, 15) is 19.5 Å². The molecule has 2 unspecified atom stereocenters. The van der Waals surface area contributed by atoms with Crippen LogP contribution in [0.1, 0.15) is 90.4 Å². The van der Waals surface area contributed by atoms with Gasteiger partial charge in [0.1, 0.15) is 19.3 Å². The zero-order chi connectivity index (χ0) is 21.9. The number of esters is 2. The van der Waals surface area contributed by atoms with E-state index in [1.54, 1.807) is 0 Å². The Morgan fingerprint density at radius 1 is 0.724 bits per heavy atom. The molecule has 0 radical (unpaired) electrons. The Morgan fingerprint density at radius 2 is 1.17 bits per heavy atom. The van der Waals surface area contributed by atoms with Gasteiger partial charge in [-0.05, 0) is 6.42 Å². The first-order valence-electron chi connectivity index (χ1n) is 10.8. The highest BCUT2D eigenvalue weighted by Gasteiger charge is 2.20. The van der Waals surface area contributed by atoms with Gasteiger partial charge in [-0.2, -0.15) is 0 Å². The molecule has 0 aliphatic carbocycles. The van der Waals surface area contributed by atoms with Crippen molar-refractivity contribution in [2.24, 2.45) is 0 Å². The molecule has 0 fully saturated rings. The van der Waals surface area contributed by atoms with Crippen LogP contribution in [0.15, 0.2) is 0 Å². The summed E-state index contributed by atoms with van der Waals surface area (Å²) in [7, 11) is 0. The van der Waals surface area contributed by atoms with Gasteiger partial charge in [0.05, 0.1) is 6.42 Å². The second-order valence-corrected chi connectivity index (χ2v) is 7.36. The molecule has 2 atom stereocenters. The van der Waals surface area contributed by atoms with E-state index in [1.165, 1.54) is 51.4 Å². The highest BCUT2D eigenvalue weighted by molar-refractivity contribution is 5.80. The van der Waals surface area contributed by atoms with Crippen molar-refractivity contribution in [1.29, 1.82) is 0 Å². The first kappa shape index (κ1) is 27.3. The molecule has 0 amide bonds. The van der Waals surface area contributed by atoms with Gasteiger partial charge in [-0.1, -0.05) is 71.1 Å². The van der Waals surface area contributed by atoms with Crippen molar-refractivity contribution in [3.63, 3.8) is 0 Å². The largest absolute Gasteiger partial charge is 0.479 e. The van der Waals surface area contributed by atoms with Crippen LogP contribution in [-0.4, -0.2) is 58.6 Å². The number of carbonyl (C=O) groups excluding carboxylic acids is 2. The Hall–Kier alpha value is -1.67. The molecule has 0 aliphatic rings. The van der Waals surface area contributed by atoms with Gasteiger partial charge in [0.25, 0.3) is 0 Å². The Labute approximate surface area is 173 Å². The molecule has 29 heavy (non-hydrogen) atoms. The molecule has 0 spiro atoms. The number of aliphatic carboxylic acids is 1. The van der Waals surface area contributed by atoms with Gasteiger partial charge in [0.15, 0.2) is 6.10 Å². The van der Waals surface area contributed by atoms with Gasteiger partial charge in [0.2, 0.25) is 0 Å². The van der Waals surface area contributed by atoms with Crippen molar-refractivity contribution < 1.29 is 39.2 Å². The van der Waals surface area contributed by atoms with E-state index in [1.807, 2.05) is 0 Å². The molecule has 0 rings (SSSR count). The molecule has 0 heterocycles. The van der Waals surface area contributed by atoms with Crippen LogP contribution in [0.25, 0.3) is 0 Å². The minimum atomic E-state index is -1.84. The third-order valence-corrected chi connectivity index (χ3v) is 4.50. The molecule has 0 saturated heterocycles. The summed E-state index contributed by atoms with van der Waals surface area (Å²) in [5, 5.41) is 27.1. The lowest BCUT2D eigenvalue weighted by atomic mass is 10.1. The third kappa shape index (κ3) is 18.1. The van der Waals surface area contributed by atoms with Crippen LogP contribution >= 0.6 is 0 Å². The van der Waals surface area contributed by atoms with Crippen LogP contribution < -0.4 is 0 Å². The number of unbranched alkanes of at least 4 members (excludes halogenated alkanes) is 10. The fourth-order valence-corrected chi connectivity index (χ4v) is 2.74. The molecular formula is C21H38O8. The monoisotopic (exact) mass is 418 g/mol. The van der Waals surface area contributed by atoms with Crippen molar-refractivity contribution in [2.45, 2.75) is 103 Å². The first-order valence-corrected chi connectivity index (χ1v) is 10.8. The molecule has 0 saturated carbocycles. The van der Waals surface area contributed by atoms with Crippen molar-refractivity contribution in [2.75, 3.05) is 13.2 Å². The number of carboxylic acids is 1. The topological polar surface area (TPSA) is 130 Å². The number of aliphatic hydroxyl groups is 2. The SMILES string of the molecule is CCCCCCCCCCCCCC(=O)OCC(O)COC(=O)CC(O)C(=O)O. The molecule has 170 valence electrons. The van der Waals surface area contributed by atoms with E-state index in [4.69, 9.17) is 14.9 Å². The minimum Gasteiger partial charge on any atom is -0.479 e. The van der Waals surface area contributed by atoms with E-state index in [0.717, 1.165) is 19.3 Å². The fraction of sp³-hybridized carbons (Fsp3) is 0.857. The number of aliphatic hydroxyl groups excluding tert-OH is 2.